The van der Waals surface area contributed by atoms with Gasteiger partial charge < -0.3 is 15.1 Å². The number of nitrogens with one attached hydrogen (secondary N) is 2. The van der Waals surface area contributed by atoms with Crippen LogP contribution in [0.1, 0.15) is 25.0 Å². The van der Waals surface area contributed by atoms with Crippen molar-refractivity contribution in [1.29, 1.82) is 0 Å². The molecule has 0 radical (unpaired) electrons. The van der Waals surface area contributed by atoms with Crippen LogP contribution in [-0.4, -0.2) is 26.0 Å². The molecule has 0 aliphatic carbocycles. The van der Waals surface area contributed by atoms with Gasteiger partial charge in [0.2, 0.25) is 5.91 Å². The highest BCUT2D eigenvalue weighted by Gasteiger charge is 2.18. The van der Waals surface area contributed by atoms with Crippen LogP contribution in [0, 0.1) is 0 Å². The third kappa shape index (κ3) is 3.35. The van der Waals surface area contributed by atoms with Crippen LogP contribution < -0.4 is 10.6 Å². The summed E-state index contributed by atoms with van der Waals surface area (Å²) >= 11 is 0. The molecule has 0 aliphatic rings. The third-order valence-corrected chi connectivity index (χ3v) is 3.17. The molecule has 1 atom stereocenters. The standard InChI is InChI=1S/C15H20N2O2/c1-11(15(18)17-9-5-8-16-2)14-10-12-6-3-4-7-13(12)19-14/h3-4,6-7,10-11,16H,5,8-9H2,1-2H3,(H,17,18). The number of hydrogen-bond acceptors (Lipinski definition) is 3. The first-order chi connectivity index (χ1) is 9.22. The van der Waals surface area contributed by atoms with E-state index >= 15 is 0 Å². The van der Waals surface area contributed by atoms with Gasteiger partial charge in [0.15, 0.2) is 0 Å². The third-order valence-electron chi connectivity index (χ3n) is 3.17. The number of amides is 1. The Hall–Kier alpha value is -1.81. The molecule has 2 aromatic rings. The van der Waals surface area contributed by atoms with Gasteiger partial charge in [-0.1, -0.05) is 18.2 Å². The van der Waals surface area contributed by atoms with E-state index in [0.29, 0.717) is 12.3 Å². The van der Waals surface area contributed by atoms with Crippen LogP contribution in [0.15, 0.2) is 34.7 Å². The van der Waals surface area contributed by atoms with Crippen LogP contribution in [0.4, 0.5) is 0 Å². The van der Waals surface area contributed by atoms with Crippen LogP contribution in [0.25, 0.3) is 11.0 Å². The fourth-order valence-corrected chi connectivity index (χ4v) is 1.97. The molecule has 4 heteroatoms. The highest BCUT2D eigenvalue weighted by molar-refractivity contribution is 5.85. The molecule has 19 heavy (non-hydrogen) atoms. The van der Waals surface area contributed by atoms with Gasteiger partial charge in [0, 0.05) is 11.9 Å². The average Bonchev–Trinajstić information content (AvgIpc) is 2.86. The number of hydrogen-bond donors (Lipinski definition) is 2. The largest absolute Gasteiger partial charge is 0.460 e. The molecule has 0 saturated carbocycles. The van der Waals surface area contributed by atoms with Crippen LogP contribution in [-0.2, 0) is 4.79 Å². The number of benzene rings is 1. The van der Waals surface area contributed by atoms with Gasteiger partial charge in [0.25, 0.3) is 0 Å². The van der Waals surface area contributed by atoms with Crippen molar-refractivity contribution in [2.24, 2.45) is 0 Å². The quantitative estimate of drug-likeness (QED) is 0.783. The molecular formula is C15H20N2O2. The molecule has 2 rings (SSSR count). The van der Waals surface area contributed by atoms with E-state index in [9.17, 15) is 4.79 Å². The van der Waals surface area contributed by atoms with Gasteiger partial charge in [-0.25, -0.2) is 0 Å². The second kappa shape index (κ2) is 6.38. The van der Waals surface area contributed by atoms with Crippen molar-refractivity contribution in [3.63, 3.8) is 0 Å². The monoisotopic (exact) mass is 260 g/mol. The van der Waals surface area contributed by atoms with Crippen molar-refractivity contribution in [3.05, 3.63) is 36.1 Å². The van der Waals surface area contributed by atoms with E-state index in [2.05, 4.69) is 10.6 Å². The van der Waals surface area contributed by atoms with E-state index in [1.54, 1.807) is 0 Å². The minimum absolute atomic E-state index is 0.00941. The molecule has 1 aromatic carbocycles. The first-order valence-electron chi connectivity index (χ1n) is 6.63. The Morgan fingerprint density at radius 1 is 1.32 bits per heavy atom. The second-order valence-corrected chi connectivity index (χ2v) is 4.66. The Labute approximate surface area is 113 Å². The molecule has 2 N–H and O–H groups in total. The molecule has 102 valence electrons. The van der Waals surface area contributed by atoms with E-state index in [-0.39, 0.29) is 11.8 Å². The van der Waals surface area contributed by atoms with Crippen molar-refractivity contribution in [1.82, 2.24) is 10.6 Å². The van der Waals surface area contributed by atoms with Gasteiger partial charge in [0.05, 0.1) is 5.92 Å². The molecule has 0 aliphatic heterocycles. The van der Waals surface area contributed by atoms with Gasteiger partial charge in [-0.05, 0) is 39.1 Å². The van der Waals surface area contributed by atoms with E-state index in [4.69, 9.17) is 4.42 Å². The Morgan fingerprint density at radius 3 is 2.84 bits per heavy atom. The van der Waals surface area contributed by atoms with Crippen LogP contribution >= 0.6 is 0 Å². The number of para-hydroxylation sites is 1. The molecule has 1 amide bonds. The lowest BCUT2D eigenvalue weighted by Gasteiger charge is -2.09. The van der Waals surface area contributed by atoms with Crippen molar-refractivity contribution >= 4 is 16.9 Å². The molecule has 0 bridgehead atoms. The smallest absolute Gasteiger partial charge is 0.230 e. The Morgan fingerprint density at radius 2 is 2.11 bits per heavy atom. The van der Waals surface area contributed by atoms with Crippen molar-refractivity contribution in [2.75, 3.05) is 20.1 Å². The average molecular weight is 260 g/mol. The van der Waals surface area contributed by atoms with E-state index in [1.807, 2.05) is 44.3 Å². The van der Waals surface area contributed by atoms with Gasteiger partial charge in [-0.3, -0.25) is 4.79 Å². The van der Waals surface area contributed by atoms with Crippen molar-refractivity contribution < 1.29 is 9.21 Å². The summed E-state index contributed by atoms with van der Waals surface area (Å²) in [4.78, 5) is 12.0. The zero-order valence-electron chi connectivity index (χ0n) is 11.4. The van der Waals surface area contributed by atoms with E-state index < -0.39 is 0 Å². The summed E-state index contributed by atoms with van der Waals surface area (Å²) < 4.78 is 5.71. The maximum atomic E-state index is 12.0. The van der Waals surface area contributed by atoms with Crippen LogP contribution in [0.2, 0.25) is 0 Å². The first-order valence-corrected chi connectivity index (χ1v) is 6.63. The SMILES string of the molecule is CNCCCNC(=O)C(C)c1cc2ccccc2o1. The number of carbonyl (C=O) groups excluding carboxylic acids is 1. The topological polar surface area (TPSA) is 54.3 Å². The number of furan rings is 1. The molecule has 0 fully saturated rings. The highest BCUT2D eigenvalue weighted by Crippen LogP contribution is 2.24. The lowest BCUT2D eigenvalue weighted by Crippen LogP contribution is -2.30. The maximum absolute atomic E-state index is 12.0. The number of carbonyl (C=O) groups is 1. The van der Waals surface area contributed by atoms with Crippen molar-refractivity contribution in [2.45, 2.75) is 19.3 Å². The van der Waals surface area contributed by atoms with E-state index in [1.165, 1.54) is 0 Å². The second-order valence-electron chi connectivity index (χ2n) is 4.66. The lowest BCUT2D eigenvalue weighted by molar-refractivity contribution is -0.122. The predicted octanol–water partition coefficient (Wildman–Crippen LogP) is 2.26. The summed E-state index contributed by atoms with van der Waals surface area (Å²) in [7, 11) is 1.90. The fraction of sp³-hybridized carbons (Fsp3) is 0.400. The molecule has 4 nitrogen and oxygen atoms in total. The predicted molar refractivity (Wildman–Crippen MR) is 76.2 cm³/mol. The van der Waals surface area contributed by atoms with Gasteiger partial charge in [0.1, 0.15) is 11.3 Å². The Balaban J connectivity index is 1.98. The summed E-state index contributed by atoms with van der Waals surface area (Å²) in [5.74, 6) is 0.462. The molecule has 1 heterocycles. The van der Waals surface area contributed by atoms with Crippen LogP contribution in [0.3, 0.4) is 0 Å². The minimum Gasteiger partial charge on any atom is -0.460 e. The Kier molecular flexibility index (Phi) is 4.58. The normalized spacial score (nSPS) is 12.5. The maximum Gasteiger partial charge on any atom is 0.230 e. The minimum atomic E-state index is -0.262. The summed E-state index contributed by atoms with van der Waals surface area (Å²) in [6, 6.07) is 9.73. The molecule has 0 spiro atoms. The van der Waals surface area contributed by atoms with Gasteiger partial charge in [-0.15, -0.1) is 0 Å². The summed E-state index contributed by atoms with van der Waals surface area (Å²) in [5.41, 5.74) is 0.826. The zero-order valence-corrected chi connectivity index (χ0v) is 11.4. The van der Waals surface area contributed by atoms with Crippen LogP contribution in [0.5, 0.6) is 0 Å². The van der Waals surface area contributed by atoms with E-state index in [0.717, 1.165) is 23.9 Å². The number of fused-ring (bicyclic) bond motifs is 1. The lowest BCUT2D eigenvalue weighted by atomic mass is 10.1. The first kappa shape index (κ1) is 13.6. The molecular weight excluding hydrogens is 240 g/mol. The zero-order chi connectivity index (χ0) is 13.7. The summed E-state index contributed by atoms with van der Waals surface area (Å²) in [6.45, 7) is 3.45. The summed E-state index contributed by atoms with van der Waals surface area (Å²) in [5, 5.41) is 7.01. The van der Waals surface area contributed by atoms with Crippen molar-refractivity contribution in [3.8, 4) is 0 Å². The van der Waals surface area contributed by atoms with Gasteiger partial charge >= 0.3 is 0 Å². The Bertz CT molecular complexity index is 515. The molecule has 0 saturated heterocycles. The molecule has 1 unspecified atom stereocenters. The fourth-order valence-electron chi connectivity index (χ4n) is 1.97. The van der Waals surface area contributed by atoms with Gasteiger partial charge in [-0.2, -0.15) is 0 Å². The molecule has 1 aromatic heterocycles. The number of rotatable bonds is 6. The summed E-state index contributed by atoms with van der Waals surface area (Å²) in [6.07, 6.45) is 0.926. The highest BCUT2D eigenvalue weighted by atomic mass is 16.3.